The summed E-state index contributed by atoms with van der Waals surface area (Å²) in [6.07, 6.45) is 0. The van der Waals surface area contributed by atoms with Gasteiger partial charge in [0.15, 0.2) is 11.0 Å². The highest BCUT2D eigenvalue weighted by Gasteiger charge is 2.19. The van der Waals surface area contributed by atoms with Gasteiger partial charge in [-0.3, -0.25) is 4.79 Å². The van der Waals surface area contributed by atoms with Crippen LogP contribution in [0.1, 0.15) is 12.5 Å². The highest BCUT2D eigenvalue weighted by atomic mass is 35.5. The molecule has 0 aliphatic carbocycles. The summed E-state index contributed by atoms with van der Waals surface area (Å²) in [5.41, 5.74) is 2.09. The average molecular weight is 398 g/mol. The van der Waals surface area contributed by atoms with Crippen LogP contribution in [0.25, 0.3) is 11.4 Å². The Balaban J connectivity index is 1.68. The van der Waals surface area contributed by atoms with Gasteiger partial charge >= 0.3 is 0 Å². The average Bonchev–Trinajstić information content (AvgIpc) is 3.03. The van der Waals surface area contributed by atoms with Gasteiger partial charge < -0.3 is 9.88 Å². The summed E-state index contributed by atoms with van der Waals surface area (Å²) in [5.74, 6) is 0.551. The number of thioether (sulfide) groups is 1. The van der Waals surface area contributed by atoms with Crippen molar-refractivity contribution in [3.05, 3.63) is 59.1 Å². The lowest BCUT2D eigenvalue weighted by atomic mass is 10.2. The van der Waals surface area contributed by atoms with E-state index in [4.69, 9.17) is 16.9 Å². The molecule has 0 saturated carbocycles. The predicted molar refractivity (Wildman–Crippen MR) is 107 cm³/mol. The van der Waals surface area contributed by atoms with E-state index in [0.29, 0.717) is 27.3 Å². The Morgan fingerprint density at radius 1 is 1.19 bits per heavy atom. The van der Waals surface area contributed by atoms with Gasteiger partial charge in [-0.2, -0.15) is 5.26 Å². The summed E-state index contributed by atoms with van der Waals surface area (Å²) in [7, 11) is 1.86. The van der Waals surface area contributed by atoms with Crippen LogP contribution in [0, 0.1) is 11.3 Å². The summed E-state index contributed by atoms with van der Waals surface area (Å²) in [6.45, 7) is 1.81. The molecule has 0 bridgehead atoms. The summed E-state index contributed by atoms with van der Waals surface area (Å²) in [5, 5.41) is 21.0. The van der Waals surface area contributed by atoms with Crippen molar-refractivity contribution in [2.24, 2.45) is 7.05 Å². The van der Waals surface area contributed by atoms with E-state index in [1.54, 1.807) is 43.3 Å². The fourth-order valence-corrected chi connectivity index (χ4v) is 3.29. The molecular weight excluding hydrogens is 382 g/mol. The van der Waals surface area contributed by atoms with Crippen molar-refractivity contribution in [3.8, 4) is 17.5 Å². The van der Waals surface area contributed by atoms with Gasteiger partial charge in [-0.15, -0.1) is 10.2 Å². The number of nitriles is 1. The van der Waals surface area contributed by atoms with Crippen LogP contribution in [0.4, 0.5) is 5.69 Å². The van der Waals surface area contributed by atoms with Gasteiger partial charge in [0.2, 0.25) is 5.91 Å². The molecule has 1 amide bonds. The van der Waals surface area contributed by atoms with Gasteiger partial charge in [-0.1, -0.05) is 23.4 Å². The van der Waals surface area contributed by atoms with E-state index in [2.05, 4.69) is 15.5 Å². The predicted octanol–water partition coefficient (Wildman–Crippen LogP) is 4.13. The maximum Gasteiger partial charge on any atom is 0.237 e. The molecule has 1 atom stereocenters. The minimum atomic E-state index is -0.374. The zero-order valence-electron chi connectivity index (χ0n) is 14.7. The summed E-state index contributed by atoms with van der Waals surface area (Å²) in [6, 6.07) is 16.1. The topological polar surface area (TPSA) is 83.6 Å². The molecule has 6 nitrogen and oxygen atoms in total. The second-order valence-corrected chi connectivity index (χ2v) is 7.55. The quantitative estimate of drug-likeness (QED) is 0.654. The van der Waals surface area contributed by atoms with Crippen molar-refractivity contribution in [1.82, 2.24) is 14.8 Å². The molecule has 3 rings (SSSR count). The fraction of sp³-hybridized carbons (Fsp3) is 0.158. The van der Waals surface area contributed by atoms with E-state index in [1.807, 2.05) is 29.8 Å². The zero-order valence-corrected chi connectivity index (χ0v) is 16.3. The number of halogens is 1. The van der Waals surface area contributed by atoms with Crippen molar-refractivity contribution in [3.63, 3.8) is 0 Å². The summed E-state index contributed by atoms with van der Waals surface area (Å²) in [4.78, 5) is 12.4. The number of carbonyl (C=O) groups excluding carboxylic acids is 1. The second-order valence-electron chi connectivity index (χ2n) is 5.81. The van der Waals surface area contributed by atoms with Crippen LogP contribution in [0.15, 0.2) is 53.7 Å². The highest BCUT2D eigenvalue weighted by molar-refractivity contribution is 8.00. The molecule has 1 heterocycles. The third kappa shape index (κ3) is 4.48. The van der Waals surface area contributed by atoms with Crippen LogP contribution in [0.5, 0.6) is 0 Å². The lowest BCUT2D eigenvalue weighted by Crippen LogP contribution is -2.22. The van der Waals surface area contributed by atoms with Gasteiger partial charge in [-0.05, 0) is 55.5 Å². The molecule has 3 aromatic rings. The standard InChI is InChI=1S/C19H16ClN5OS/c1-12(18(26)22-16-9-3-13(11-21)4-10-16)27-19-24-23-17(25(19)2)14-5-7-15(20)8-6-14/h3-10,12H,1-2H3,(H,22,26)/t12-/m0/s1. The number of hydrogen-bond acceptors (Lipinski definition) is 5. The van der Waals surface area contributed by atoms with Gasteiger partial charge in [0.05, 0.1) is 16.9 Å². The molecule has 1 N–H and O–H groups in total. The third-order valence-corrected chi connectivity index (χ3v) is 5.26. The van der Waals surface area contributed by atoms with Gasteiger partial charge in [0.1, 0.15) is 0 Å². The Bertz CT molecular complexity index is 992. The van der Waals surface area contributed by atoms with Gasteiger partial charge in [0.25, 0.3) is 0 Å². The first kappa shape index (κ1) is 19.0. The second kappa shape index (κ2) is 8.25. The van der Waals surface area contributed by atoms with Crippen molar-refractivity contribution in [2.75, 3.05) is 5.32 Å². The minimum Gasteiger partial charge on any atom is -0.325 e. The molecule has 1 aromatic heterocycles. The Morgan fingerprint density at radius 3 is 2.48 bits per heavy atom. The Labute approximate surface area is 166 Å². The number of aromatic nitrogens is 3. The van der Waals surface area contributed by atoms with Crippen LogP contribution in [0.3, 0.4) is 0 Å². The first-order valence-corrected chi connectivity index (χ1v) is 9.36. The van der Waals surface area contributed by atoms with Crippen LogP contribution < -0.4 is 5.32 Å². The summed E-state index contributed by atoms with van der Waals surface area (Å²) >= 11 is 7.25. The number of benzene rings is 2. The van der Waals surface area contributed by atoms with E-state index < -0.39 is 0 Å². The van der Waals surface area contributed by atoms with Crippen LogP contribution in [-0.2, 0) is 11.8 Å². The van der Waals surface area contributed by atoms with E-state index in [9.17, 15) is 4.79 Å². The lowest BCUT2D eigenvalue weighted by Gasteiger charge is -2.11. The number of nitrogens with zero attached hydrogens (tertiary/aromatic N) is 4. The number of rotatable bonds is 5. The molecule has 0 fully saturated rings. The number of hydrogen-bond donors (Lipinski definition) is 1. The van der Waals surface area contributed by atoms with Crippen molar-refractivity contribution in [1.29, 1.82) is 5.26 Å². The zero-order chi connectivity index (χ0) is 19.4. The molecule has 136 valence electrons. The normalized spacial score (nSPS) is 11.6. The molecular formula is C19H16ClN5OS. The van der Waals surface area contributed by atoms with Gasteiger partial charge in [0, 0.05) is 23.3 Å². The number of nitrogens with one attached hydrogen (secondary N) is 1. The van der Waals surface area contributed by atoms with E-state index >= 15 is 0 Å². The van der Waals surface area contributed by atoms with Crippen LogP contribution in [-0.4, -0.2) is 25.9 Å². The lowest BCUT2D eigenvalue weighted by molar-refractivity contribution is -0.115. The van der Waals surface area contributed by atoms with Crippen LogP contribution in [0.2, 0.25) is 5.02 Å². The van der Waals surface area contributed by atoms with Crippen LogP contribution >= 0.6 is 23.4 Å². The van der Waals surface area contributed by atoms with E-state index in [-0.39, 0.29) is 11.2 Å². The fourth-order valence-electron chi connectivity index (χ4n) is 2.35. The SMILES string of the molecule is C[C@H](Sc1nnc(-c2ccc(Cl)cc2)n1C)C(=O)Nc1ccc(C#N)cc1. The monoisotopic (exact) mass is 397 g/mol. The van der Waals surface area contributed by atoms with Gasteiger partial charge in [-0.25, -0.2) is 0 Å². The summed E-state index contributed by atoms with van der Waals surface area (Å²) < 4.78 is 1.85. The molecule has 0 spiro atoms. The molecule has 0 aliphatic rings. The Hall–Kier alpha value is -2.82. The molecule has 0 radical (unpaired) electrons. The van der Waals surface area contributed by atoms with E-state index in [0.717, 1.165) is 5.56 Å². The molecule has 0 aliphatic heterocycles. The van der Waals surface area contributed by atoms with E-state index in [1.165, 1.54) is 11.8 Å². The maximum absolute atomic E-state index is 12.4. The molecule has 0 saturated heterocycles. The number of anilines is 1. The van der Waals surface area contributed by atoms with Crippen molar-refractivity contribution >= 4 is 35.0 Å². The van der Waals surface area contributed by atoms with Crippen molar-refractivity contribution in [2.45, 2.75) is 17.3 Å². The third-order valence-electron chi connectivity index (χ3n) is 3.87. The van der Waals surface area contributed by atoms with Crippen molar-refractivity contribution < 1.29 is 4.79 Å². The molecule has 2 aromatic carbocycles. The minimum absolute atomic E-state index is 0.152. The molecule has 8 heteroatoms. The number of amides is 1. The largest absolute Gasteiger partial charge is 0.325 e. The smallest absolute Gasteiger partial charge is 0.237 e. The first-order valence-electron chi connectivity index (χ1n) is 8.11. The first-order chi connectivity index (χ1) is 13.0. The highest BCUT2D eigenvalue weighted by Crippen LogP contribution is 2.27. The Kier molecular flexibility index (Phi) is 5.79. The maximum atomic E-state index is 12.4. The number of carbonyl (C=O) groups is 1. The molecule has 0 unspecified atom stereocenters. The molecule has 27 heavy (non-hydrogen) atoms. The Morgan fingerprint density at radius 2 is 1.85 bits per heavy atom.